The first-order chi connectivity index (χ1) is 11.6. The maximum absolute atomic E-state index is 13.2. The largest absolute Gasteiger partial charge is 0.350 e. The summed E-state index contributed by atoms with van der Waals surface area (Å²) >= 11 is 0. The van der Waals surface area contributed by atoms with Crippen LogP contribution in [0.1, 0.15) is 22.1 Å². The summed E-state index contributed by atoms with van der Waals surface area (Å²) in [6, 6.07) is 13.6. The van der Waals surface area contributed by atoms with Crippen molar-refractivity contribution in [3.63, 3.8) is 0 Å². The molecule has 1 amide bonds. The van der Waals surface area contributed by atoms with Gasteiger partial charge in [0.1, 0.15) is 12.0 Å². The average molecular weight is 322 g/mol. The minimum atomic E-state index is -0.355. The molecule has 2 aromatic carbocycles. The molecule has 0 radical (unpaired) electrons. The monoisotopic (exact) mass is 322 g/mol. The summed E-state index contributed by atoms with van der Waals surface area (Å²) in [6.07, 6.45) is 1.33. The summed E-state index contributed by atoms with van der Waals surface area (Å²) < 4.78 is 13.2. The van der Waals surface area contributed by atoms with Gasteiger partial charge in [0.15, 0.2) is 0 Å². The number of carbonyl (C=O) groups is 1. The van der Waals surface area contributed by atoms with Crippen molar-refractivity contribution >= 4 is 11.6 Å². The van der Waals surface area contributed by atoms with Gasteiger partial charge in [0.2, 0.25) is 0 Å². The highest BCUT2D eigenvalue weighted by atomic mass is 19.1. The second kappa shape index (κ2) is 5.49. The zero-order valence-corrected chi connectivity index (χ0v) is 13.0. The van der Waals surface area contributed by atoms with E-state index >= 15 is 0 Å². The van der Waals surface area contributed by atoms with Gasteiger partial charge in [-0.05, 0) is 36.4 Å². The molecule has 0 aliphatic carbocycles. The number of rotatable bonds is 2. The van der Waals surface area contributed by atoms with Gasteiger partial charge in [0, 0.05) is 18.2 Å². The molecule has 24 heavy (non-hydrogen) atoms. The first-order valence-corrected chi connectivity index (χ1v) is 7.57. The number of hydrogen-bond donors (Lipinski definition) is 2. The third-order valence-electron chi connectivity index (χ3n) is 4.28. The second-order valence-corrected chi connectivity index (χ2v) is 5.71. The Morgan fingerprint density at radius 1 is 1.12 bits per heavy atom. The molecule has 0 saturated heterocycles. The van der Waals surface area contributed by atoms with E-state index < -0.39 is 0 Å². The number of carbonyl (C=O) groups excluding carboxylic acids is 1. The molecule has 3 aromatic rings. The Hall–Kier alpha value is -3.15. The number of benzene rings is 2. The molecule has 0 fully saturated rings. The smallest absolute Gasteiger partial charge is 0.255 e. The minimum absolute atomic E-state index is 0.125. The van der Waals surface area contributed by atoms with Crippen LogP contribution in [0.25, 0.3) is 11.3 Å². The number of amides is 1. The quantitative estimate of drug-likeness (QED) is 0.762. The van der Waals surface area contributed by atoms with Gasteiger partial charge in [0.25, 0.3) is 5.91 Å². The van der Waals surface area contributed by atoms with Gasteiger partial charge in [-0.1, -0.05) is 12.1 Å². The fraction of sp³-hybridized carbons (Fsp3) is 0.111. The van der Waals surface area contributed by atoms with E-state index in [1.165, 1.54) is 12.1 Å². The molecule has 1 aliphatic rings. The fourth-order valence-electron chi connectivity index (χ4n) is 3.05. The lowest BCUT2D eigenvalue weighted by atomic mass is 10.0. The number of aromatic amines is 1. The highest BCUT2D eigenvalue weighted by Crippen LogP contribution is 2.35. The third kappa shape index (κ3) is 2.23. The van der Waals surface area contributed by atoms with Crippen molar-refractivity contribution in [2.45, 2.75) is 6.17 Å². The average Bonchev–Trinajstić information content (AvgIpc) is 3.08. The van der Waals surface area contributed by atoms with Gasteiger partial charge in [0.05, 0.1) is 23.1 Å². The molecule has 5 nitrogen and oxygen atoms in total. The SMILES string of the molecule is CN1c2ccccc2C(=O)NC1c1cn[nH]c1-c1ccc(F)cc1. The van der Waals surface area contributed by atoms with Crippen LogP contribution in [0.2, 0.25) is 0 Å². The Balaban J connectivity index is 1.77. The highest BCUT2D eigenvalue weighted by molar-refractivity contribution is 6.02. The van der Waals surface area contributed by atoms with Crippen molar-refractivity contribution in [2.24, 2.45) is 0 Å². The summed E-state index contributed by atoms with van der Waals surface area (Å²) in [5, 5.41) is 10.1. The van der Waals surface area contributed by atoms with E-state index in [2.05, 4.69) is 15.5 Å². The van der Waals surface area contributed by atoms with Crippen LogP contribution in [0.15, 0.2) is 54.7 Å². The predicted molar refractivity (Wildman–Crippen MR) is 89.0 cm³/mol. The molecule has 2 N–H and O–H groups in total. The molecule has 2 heterocycles. The molecular formula is C18H15FN4O. The number of nitrogens with zero attached hydrogens (tertiary/aromatic N) is 2. The summed E-state index contributed by atoms with van der Waals surface area (Å²) in [4.78, 5) is 14.4. The molecule has 1 unspecified atom stereocenters. The lowest BCUT2D eigenvalue weighted by Crippen LogP contribution is -2.44. The van der Waals surface area contributed by atoms with E-state index in [0.29, 0.717) is 5.56 Å². The summed E-state index contributed by atoms with van der Waals surface area (Å²) in [6.45, 7) is 0. The van der Waals surface area contributed by atoms with Gasteiger partial charge in [-0.2, -0.15) is 5.10 Å². The Morgan fingerprint density at radius 3 is 2.67 bits per heavy atom. The van der Waals surface area contributed by atoms with Gasteiger partial charge in [-0.15, -0.1) is 0 Å². The number of fused-ring (bicyclic) bond motifs is 1. The van der Waals surface area contributed by atoms with Crippen LogP contribution in [0.3, 0.4) is 0 Å². The number of anilines is 1. The fourth-order valence-corrected chi connectivity index (χ4v) is 3.05. The number of halogens is 1. The lowest BCUT2D eigenvalue weighted by molar-refractivity contribution is 0.0928. The van der Waals surface area contributed by atoms with Gasteiger partial charge in [-0.25, -0.2) is 4.39 Å². The highest BCUT2D eigenvalue weighted by Gasteiger charge is 2.31. The second-order valence-electron chi connectivity index (χ2n) is 5.71. The Kier molecular flexibility index (Phi) is 3.30. The predicted octanol–water partition coefficient (Wildman–Crippen LogP) is 3.09. The number of para-hydroxylation sites is 1. The van der Waals surface area contributed by atoms with E-state index in [1.807, 2.05) is 30.1 Å². The summed E-state index contributed by atoms with van der Waals surface area (Å²) in [7, 11) is 1.92. The van der Waals surface area contributed by atoms with Crippen LogP contribution >= 0.6 is 0 Å². The molecule has 1 atom stereocenters. The Morgan fingerprint density at radius 2 is 1.88 bits per heavy atom. The molecule has 0 bridgehead atoms. The molecule has 0 saturated carbocycles. The van der Waals surface area contributed by atoms with Gasteiger partial charge >= 0.3 is 0 Å². The molecule has 4 rings (SSSR count). The molecule has 1 aromatic heterocycles. The van der Waals surface area contributed by atoms with Crippen LogP contribution in [0, 0.1) is 5.82 Å². The van der Waals surface area contributed by atoms with E-state index in [4.69, 9.17) is 0 Å². The third-order valence-corrected chi connectivity index (χ3v) is 4.28. The number of nitrogens with one attached hydrogen (secondary N) is 2. The molecule has 0 spiro atoms. The van der Waals surface area contributed by atoms with Crippen molar-refractivity contribution in [3.8, 4) is 11.3 Å². The number of hydrogen-bond acceptors (Lipinski definition) is 3. The van der Waals surface area contributed by atoms with Crippen molar-refractivity contribution in [3.05, 3.63) is 71.7 Å². The van der Waals surface area contributed by atoms with E-state index in [-0.39, 0.29) is 17.9 Å². The zero-order chi connectivity index (χ0) is 16.7. The van der Waals surface area contributed by atoms with Crippen molar-refractivity contribution in [1.82, 2.24) is 15.5 Å². The maximum atomic E-state index is 13.2. The van der Waals surface area contributed by atoms with E-state index in [0.717, 1.165) is 22.5 Å². The summed E-state index contributed by atoms with van der Waals surface area (Å²) in [5.41, 5.74) is 3.89. The van der Waals surface area contributed by atoms with Crippen LogP contribution in [-0.2, 0) is 0 Å². The van der Waals surface area contributed by atoms with Crippen molar-refractivity contribution in [2.75, 3.05) is 11.9 Å². The van der Waals surface area contributed by atoms with E-state index in [1.54, 1.807) is 24.4 Å². The van der Waals surface area contributed by atoms with Crippen LogP contribution in [-0.4, -0.2) is 23.2 Å². The molecule has 1 aliphatic heterocycles. The van der Waals surface area contributed by atoms with Crippen LogP contribution < -0.4 is 10.2 Å². The number of H-pyrrole nitrogens is 1. The molecule has 6 heteroatoms. The van der Waals surface area contributed by atoms with E-state index in [9.17, 15) is 9.18 Å². The first-order valence-electron chi connectivity index (χ1n) is 7.57. The Labute approximate surface area is 138 Å². The molecule has 120 valence electrons. The standard InChI is InChI=1S/C18H15FN4O/c1-23-15-5-3-2-4-13(15)18(24)21-17(23)14-10-20-22-16(14)11-6-8-12(19)9-7-11/h2-10,17H,1H3,(H,20,22)(H,21,24). The normalized spacial score (nSPS) is 16.7. The van der Waals surface area contributed by atoms with Crippen LogP contribution in [0.4, 0.5) is 10.1 Å². The first kappa shape index (κ1) is 14.4. The minimum Gasteiger partial charge on any atom is -0.350 e. The zero-order valence-electron chi connectivity index (χ0n) is 13.0. The van der Waals surface area contributed by atoms with Crippen LogP contribution in [0.5, 0.6) is 0 Å². The number of aromatic nitrogens is 2. The van der Waals surface area contributed by atoms with Gasteiger partial charge in [-0.3, -0.25) is 9.89 Å². The Bertz CT molecular complexity index is 903. The van der Waals surface area contributed by atoms with Crippen molar-refractivity contribution < 1.29 is 9.18 Å². The lowest BCUT2D eigenvalue weighted by Gasteiger charge is -2.36. The van der Waals surface area contributed by atoms with Crippen molar-refractivity contribution in [1.29, 1.82) is 0 Å². The maximum Gasteiger partial charge on any atom is 0.255 e. The van der Waals surface area contributed by atoms with Gasteiger partial charge < -0.3 is 10.2 Å². The summed E-state index contributed by atoms with van der Waals surface area (Å²) in [5.74, 6) is -0.420. The topological polar surface area (TPSA) is 61.0 Å². The molecular weight excluding hydrogens is 307 g/mol.